The molecular formula is C6H9BIO5P. The summed E-state index contributed by atoms with van der Waals surface area (Å²) < 4.78 is 4.59. The minimum Gasteiger partial charge on any atom is -0.481 e. The molecule has 0 rings (SSSR count). The van der Waals surface area contributed by atoms with Gasteiger partial charge in [-0.1, -0.05) is 27.5 Å². The number of halogens is 1. The molecule has 0 spiro atoms. The van der Waals surface area contributed by atoms with Crippen molar-refractivity contribution in [2.75, 3.05) is 13.2 Å². The molecule has 0 heterocycles. The minimum absolute atomic E-state index is 0.130. The summed E-state index contributed by atoms with van der Waals surface area (Å²) in [4.78, 5) is 21.6. The number of carboxylic acid groups (broad SMARTS) is 1. The van der Waals surface area contributed by atoms with Crippen LogP contribution in [0.5, 0.6) is 0 Å². The molecule has 2 N–H and O–H groups in total. The summed E-state index contributed by atoms with van der Waals surface area (Å²) in [5, 5.41) is 16.9. The molecule has 0 fully saturated rings. The van der Waals surface area contributed by atoms with Crippen LogP contribution in [0, 0.1) is 0 Å². The van der Waals surface area contributed by atoms with Crippen molar-refractivity contribution in [3.8, 4) is 0 Å². The summed E-state index contributed by atoms with van der Waals surface area (Å²) in [6.07, 6.45) is -0.338. The number of aliphatic carboxylic acids is 1. The summed E-state index contributed by atoms with van der Waals surface area (Å²) in [5.74, 6) is -1.75. The van der Waals surface area contributed by atoms with E-state index in [1.54, 1.807) is 0 Å². The van der Waals surface area contributed by atoms with Gasteiger partial charge in [0.25, 0.3) is 0 Å². The van der Waals surface area contributed by atoms with E-state index < -0.39 is 23.0 Å². The molecule has 8 heteroatoms. The summed E-state index contributed by atoms with van der Waals surface area (Å²) in [6, 6.07) is 0. The molecular weight excluding hydrogens is 321 g/mol. The van der Waals surface area contributed by atoms with E-state index in [2.05, 4.69) is 4.74 Å². The van der Waals surface area contributed by atoms with E-state index in [1.165, 1.54) is 0 Å². The average Bonchev–Trinajstić information content (AvgIpc) is 2.09. The largest absolute Gasteiger partial charge is 0.481 e. The highest BCUT2D eigenvalue weighted by molar-refractivity contribution is 14.2. The van der Waals surface area contributed by atoms with Gasteiger partial charge in [0.15, 0.2) is 0 Å². The zero-order chi connectivity index (χ0) is 11.1. The molecule has 0 aromatic carbocycles. The van der Waals surface area contributed by atoms with Gasteiger partial charge in [-0.3, -0.25) is 9.59 Å². The van der Waals surface area contributed by atoms with Crippen LogP contribution in [0.4, 0.5) is 0 Å². The van der Waals surface area contributed by atoms with Gasteiger partial charge in [0.1, 0.15) is 14.2 Å². The van der Waals surface area contributed by atoms with E-state index in [9.17, 15) is 9.59 Å². The first-order valence-corrected chi connectivity index (χ1v) is 7.94. The van der Waals surface area contributed by atoms with Gasteiger partial charge < -0.3 is 14.9 Å². The molecule has 0 aliphatic carbocycles. The summed E-state index contributed by atoms with van der Waals surface area (Å²) >= 11 is 1.82. The maximum Gasteiger partial charge on any atom is 0.313 e. The van der Waals surface area contributed by atoms with Crippen LogP contribution < -0.4 is 0 Å². The quantitative estimate of drug-likeness (QED) is 0.316. The monoisotopic (exact) mass is 330 g/mol. The normalized spacial score (nSPS) is 14.4. The Hall–Kier alpha value is 0.125. The minimum atomic E-state index is -1.22. The Morgan fingerprint density at radius 2 is 2.14 bits per heavy atom. The second kappa shape index (κ2) is 7.42. The average molecular weight is 330 g/mol. The highest BCUT2D eigenvalue weighted by Crippen LogP contribution is 2.46. The first kappa shape index (κ1) is 14.1. The van der Waals surface area contributed by atoms with Crippen molar-refractivity contribution in [3.05, 3.63) is 0 Å². The molecule has 78 valence electrons. The first-order chi connectivity index (χ1) is 6.49. The summed E-state index contributed by atoms with van der Waals surface area (Å²) in [5.41, 5.74) is -2.03. The van der Waals surface area contributed by atoms with E-state index in [1.807, 2.05) is 22.0 Å². The lowest BCUT2D eigenvalue weighted by atomic mass is 10.3. The third-order valence-electron chi connectivity index (χ3n) is 1.27. The number of hydrogen-bond donors (Lipinski definition) is 2. The van der Waals surface area contributed by atoms with Gasteiger partial charge in [-0.2, -0.15) is 0 Å². The summed E-state index contributed by atoms with van der Waals surface area (Å²) in [6.45, 7) is -0.413. The zero-order valence-corrected chi connectivity index (χ0v) is 10.3. The molecule has 5 nitrogen and oxygen atoms in total. The number of rotatable bonds is 6. The van der Waals surface area contributed by atoms with Crippen molar-refractivity contribution < 1.29 is 24.5 Å². The van der Waals surface area contributed by atoms with Crippen LogP contribution in [-0.4, -0.2) is 48.6 Å². The number of carbonyl (C=O) groups is 2. The lowest BCUT2D eigenvalue weighted by Gasteiger charge is -2.16. The number of hydrogen-bond acceptors (Lipinski definition) is 4. The van der Waals surface area contributed by atoms with Crippen molar-refractivity contribution in [1.29, 1.82) is 0 Å². The van der Waals surface area contributed by atoms with Crippen LogP contribution in [0.3, 0.4) is 0 Å². The Kier molecular flexibility index (Phi) is 7.49. The SMILES string of the molecule is [B]P(I)C(CC(=O)O)C(=O)OCCO. The molecule has 14 heavy (non-hydrogen) atoms. The van der Waals surface area contributed by atoms with E-state index in [4.69, 9.17) is 17.8 Å². The van der Waals surface area contributed by atoms with Gasteiger partial charge in [-0.15, -0.1) is 0 Å². The maximum atomic E-state index is 11.2. The molecule has 0 saturated heterocycles. The third kappa shape index (κ3) is 5.77. The lowest BCUT2D eigenvalue weighted by Crippen LogP contribution is -2.24. The number of carboxylic acids is 1. The topological polar surface area (TPSA) is 83.8 Å². The van der Waals surface area contributed by atoms with E-state index in [0.717, 1.165) is 0 Å². The molecule has 0 aromatic rings. The highest BCUT2D eigenvalue weighted by Gasteiger charge is 2.26. The Bertz CT molecular complexity index is 212. The van der Waals surface area contributed by atoms with Gasteiger partial charge in [0.05, 0.1) is 18.7 Å². The smallest absolute Gasteiger partial charge is 0.313 e. The van der Waals surface area contributed by atoms with Gasteiger partial charge >= 0.3 is 11.9 Å². The molecule has 0 aromatic heterocycles. The Balaban J connectivity index is 4.19. The fraction of sp³-hybridized carbons (Fsp3) is 0.667. The van der Waals surface area contributed by atoms with Crippen LogP contribution in [-0.2, 0) is 14.3 Å². The van der Waals surface area contributed by atoms with Crippen molar-refractivity contribution in [1.82, 2.24) is 0 Å². The maximum absolute atomic E-state index is 11.2. The first-order valence-electron chi connectivity index (χ1n) is 3.68. The Labute approximate surface area is 96.8 Å². The second-order valence-corrected chi connectivity index (χ2v) is 7.00. The van der Waals surface area contributed by atoms with Gasteiger partial charge in [0.2, 0.25) is 0 Å². The van der Waals surface area contributed by atoms with Crippen molar-refractivity contribution in [2.24, 2.45) is 0 Å². The molecule has 0 aliphatic heterocycles. The van der Waals surface area contributed by atoms with Crippen molar-refractivity contribution in [3.63, 3.8) is 0 Å². The molecule has 0 aliphatic rings. The fourth-order valence-electron chi connectivity index (χ4n) is 0.679. The number of ether oxygens (including phenoxy) is 1. The van der Waals surface area contributed by atoms with Crippen molar-refractivity contribution >= 4 is 47.0 Å². The van der Waals surface area contributed by atoms with Gasteiger partial charge in [0, 0.05) is 0 Å². The molecule has 0 saturated carbocycles. The molecule has 2 atom stereocenters. The highest BCUT2D eigenvalue weighted by atomic mass is 127. The van der Waals surface area contributed by atoms with Crippen LogP contribution in [0.2, 0.25) is 0 Å². The van der Waals surface area contributed by atoms with Gasteiger partial charge in [-0.25, -0.2) is 0 Å². The zero-order valence-electron chi connectivity index (χ0n) is 7.22. The van der Waals surface area contributed by atoms with Crippen molar-refractivity contribution in [2.45, 2.75) is 12.1 Å². The van der Waals surface area contributed by atoms with Crippen LogP contribution in [0.15, 0.2) is 0 Å². The molecule has 0 bridgehead atoms. The predicted molar refractivity (Wildman–Crippen MR) is 60.8 cm³/mol. The predicted octanol–water partition coefficient (Wildman–Crippen LogP) is 0.281. The number of aliphatic hydroxyl groups excluding tert-OH is 1. The molecule has 0 amide bonds. The number of aliphatic hydroxyl groups is 1. The Morgan fingerprint density at radius 1 is 1.57 bits per heavy atom. The van der Waals surface area contributed by atoms with Gasteiger partial charge in [-0.05, 0) is 0 Å². The number of carbonyl (C=O) groups excluding carboxylic acids is 1. The van der Waals surface area contributed by atoms with E-state index in [-0.39, 0.29) is 19.6 Å². The van der Waals surface area contributed by atoms with E-state index >= 15 is 0 Å². The molecule has 2 radical (unpaired) electrons. The van der Waals surface area contributed by atoms with Crippen LogP contribution >= 0.6 is 27.5 Å². The Morgan fingerprint density at radius 3 is 2.50 bits per heavy atom. The van der Waals surface area contributed by atoms with Crippen LogP contribution in [0.25, 0.3) is 0 Å². The number of esters is 1. The second-order valence-electron chi connectivity index (χ2n) is 2.35. The van der Waals surface area contributed by atoms with Crippen LogP contribution in [0.1, 0.15) is 6.42 Å². The third-order valence-corrected chi connectivity index (χ3v) is 4.28. The lowest BCUT2D eigenvalue weighted by molar-refractivity contribution is -0.147. The van der Waals surface area contributed by atoms with E-state index in [0.29, 0.717) is 0 Å². The fourth-order valence-corrected chi connectivity index (χ4v) is 2.56. The standard InChI is InChI=1S/C6H9BIO5P/c7-14(8)4(3-5(10)11)6(12)13-2-1-9/h4,9H,1-3H2,(H,10,11). The summed E-state index contributed by atoms with van der Waals surface area (Å²) in [7, 11) is 5.48. The molecule has 2 unspecified atom stereocenters.